The molecule has 1 fully saturated rings. The third-order valence-electron chi connectivity index (χ3n) is 3.38. The number of hydrogen-bond acceptors (Lipinski definition) is 2. The Morgan fingerprint density at radius 2 is 1.92 bits per heavy atom. The number of nitrogens with two attached hydrogens (primary N) is 2. The van der Waals surface area contributed by atoms with Gasteiger partial charge < -0.3 is 11.5 Å². The van der Waals surface area contributed by atoms with Crippen LogP contribution in [0.25, 0.3) is 0 Å². The molecule has 1 rings (SSSR count). The highest BCUT2D eigenvalue weighted by Crippen LogP contribution is 2.32. The number of carbonyl (C=O) groups is 1. The molecule has 1 saturated carbocycles. The van der Waals surface area contributed by atoms with Gasteiger partial charge in [0, 0.05) is 0 Å². The number of amides is 1. The van der Waals surface area contributed by atoms with Crippen molar-refractivity contribution in [2.45, 2.75) is 51.0 Å². The lowest BCUT2D eigenvalue weighted by Crippen LogP contribution is -2.57. The Bertz CT molecular complexity index is 187. The van der Waals surface area contributed by atoms with Gasteiger partial charge >= 0.3 is 0 Å². The highest BCUT2D eigenvalue weighted by molar-refractivity contribution is 5.84. The minimum Gasteiger partial charge on any atom is -0.368 e. The summed E-state index contributed by atoms with van der Waals surface area (Å²) in [4.78, 5) is 11.2. The van der Waals surface area contributed by atoms with Gasteiger partial charge in [0.05, 0.1) is 5.54 Å². The molecular formula is C10H20N2O. The van der Waals surface area contributed by atoms with E-state index in [0.29, 0.717) is 12.3 Å². The second-order valence-electron chi connectivity index (χ2n) is 4.09. The summed E-state index contributed by atoms with van der Waals surface area (Å²) in [6.07, 6.45) is 6.44. The maximum Gasteiger partial charge on any atom is 0.237 e. The molecule has 13 heavy (non-hydrogen) atoms. The summed E-state index contributed by atoms with van der Waals surface area (Å²) in [5.41, 5.74) is 10.6. The van der Waals surface area contributed by atoms with Gasteiger partial charge in [-0.05, 0) is 25.2 Å². The zero-order valence-electron chi connectivity index (χ0n) is 8.38. The van der Waals surface area contributed by atoms with E-state index in [1.807, 2.05) is 6.92 Å². The van der Waals surface area contributed by atoms with Crippen molar-refractivity contribution in [3.63, 3.8) is 0 Å². The molecule has 1 atom stereocenters. The van der Waals surface area contributed by atoms with E-state index in [9.17, 15) is 4.79 Å². The van der Waals surface area contributed by atoms with Crippen LogP contribution >= 0.6 is 0 Å². The standard InChI is InChI=1S/C10H20N2O/c1-2-10(12,9(11)13)8-6-4-3-5-7-8/h8H,2-7,12H2,1H3,(H2,11,13). The molecule has 0 aromatic carbocycles. The molecule has 0 aromatic rings. The van der Waals surface area contributed by atoms with Crippen molar-refractivity contribution in [1.82, 2.24) is 0 Å². The van der Waals surface area contributed by atoms with Crippen LogP contribution in [0.4, 0.5) is 0 Å². The van der Waals surface area contributed by atoms with E-state index < -0.39 is 5.54 Å². The molecule has 0 spiro atoms. The van der Waals surface area contributed by atoms with Crippen LogP contribution in [0, 0.1) is 5.92 Å². The molecule has 0 aromatic heterocycles. The lowest BCUT2D eigenvalue weighted by Gasteiger charge is -2.36. The van der Waals surface area contributed by atoms with Gasteiger partial charge in [0.1, 0.15) is 0 Å². The first-order valence-corrected chi connectivity index (χ1v) is 5.20. The van der Waals surface area contributed by atoms with Crippen molar-refractivity contribution in [2.24, 2.45) is 17.4 Å². The van der Waals surface area contributed by atoms with Crippen LogP contribution in [-0.2, 0) is 4.79 Å². The third-order valence-corrected chi connectivity index (χ3v) is 3.38. The van der Waals surface area contributed by atoms with Crippen LogP contribution in [0.5, 0.6) is 0 Å². The highest BCUT2D eigenvalue weighted by Gasteiger charge is 2.38. The van der Waals surface area contributed by atoms with Crippen LogP contribution in [0.2, 0.25) is 0 Å². The Balaban J connectivity index is 2.68. The lowest BCUT2D eigenvalue weighted by atomic mass is 9.73. The molecule has 0 aliphatic heterocycles. The van der Waals surface area contributed by atoms with Crippen molar-refractivity contribution in [3.05, 3.63) is 0 Å². The molecule has 3 heteroatoms. The van der Waals surface area contributed by atoms with Crippen molar-refractivity contribution in [1.29, 1.82) is 0 Å². The largest absolute Gasteiger partial charge is 0.368 e. The first-order chi connectivity index (χ1) is 6.11. The molecule has 0 heterocycles. The Kier molecular flexibility index (Phi) is 3.31. The van der Waals surface area contributed by atoms with E-state index in [2.05, 4.69) is 0 Å². The van der Waals surface area contributed by atoms with Gasteiger partial charge in [-0.1, -0.05) is 26.2 Å². The molecule has 3 nitrogen and oxygen atoms in total. The number of rotatable bonds is 3. The normalized spacial score (nSPS) is 23.8. The fraction of sp³-hybridized carbons (Fsp3) is 0.900. The predicted molar refractivity (Wildman–Crippen MR) is 53.0 cm³/mol. The Morgan fingerprint density at radius 3 is 2.31 bits per heavy atom. The quantitative estimate of drug-likeness (QED) is 0.691. The molecular weight excluding hydrogens is 164 g/mol. The number of hydrogen-bond donors (Lipinski definition) is 2. The smallest absolute Gasteiger partial charge is 0.237 e. The summed E-state index contributed by atoms with van der Waals surface area (Å²) >= 11 is 0. The summed E-state index contributed by atoms with van der Waals surface area (Å²) < 4.78 is 0. The maximum atomic E-state index is 11.2. The number of carbonyl (C=O) groups excluding carboxylic acids is 1. The fourth-order valence-corrected chi connectivity index (χ4v) is 2.28. The summed E-state index contributed by atoms with van der Waals surface area (Å²) in [5.74, 6) is -0.0225. The van der Waals surface area contributed by atoms with E-state index >= 15 is 0 Å². The monoisotopic (exact) mass is 184 g/mol. The molecule has 1 unspecified atom stereocenters. The van der Waals surface area contributed by atoms with E-state index in [0.717, 1.165) is 12.8 Å². The molecule has 1 amide bonds. The van der Waals surface area contributed by atoms with Crippen molar-refractivity contribution in [3.8, 4) is 0 Å². The molecule has 1 aliphatic carbocycles. The highest BCUT2D eigenvalue weighted by atomic mass is 16.1. The van der Waals surface area contributed by atoms with Crippen LogP contribution in [-0.4, -0.2) is 11.4 Å². The van der Waals surface area contributed by atoms with Gasteiger partial charge in [0.25, 0.3) is 0 Å². The summed E-state index contributed by atoms with van der Waals surface area (Å²) in [5, 5.41) is 0. The lowest BCUT2D eigenvalue weighted by molar-refractivity contribution is -0.125. The van der Waals surface area contributed by atoms with Gasteiger partial charge in [-0.3, -0.25) is 4.79 Å². The van der Waals surface area contributed by atoms with Gasteiger partial charge in [-0.25, -0.2) is 0 Å². The van der Waals surface area contributed by atoms with Crippen molar-refractivity contribution < 1.29 is 4.79 Å². The summed E-state index contributed by atoms with van der Waals surface area (Å²) in [6.45, 7) is 1.94. The molecule has 0 radical (unpaired) electrons. The fourth-order valence-electron chi connectivity index (χ4n) is 2.28. The van der Waals surface area contributed by atoms with Gasteiger partial charge in [0.2, 0.25) is 5.91 Å². The minimum absolute atomic E-state index is 0.309. The first-order valence-electron chi connectivity index (χ1n) is 5.20. The summed E-state index contributed by atoms with van der Waals surface area (Å²) in [7, 11) is 0. The van der Waals surface area contributed by atoms with Gasteiger partial charge in [0.15, 0.2) is 0 Å². The zero-order valence-corrected chi connectivity index (χ0v) is 8.38. The summed E-state index contributed by atoms with van der Waals surface area (Å²) in [6, 6.07) is 0. The maximum absolute atomic E-state index is 11.2. The molecule has 1 aliphatic rings. The van der Waals surface area contributed by atoms with E-state index in [1.54, 1.807) is 0 Å². The van der Waals surface area contributed by atoms with Crippen LogP contribution < -0.4 is 11.5 Å². The van der Waals surface area contributed by atoms with Crippen LogP contribution in [0.1, 0.15) is 45.4 Å². The SMILES string of the molecule is CCC(N)(C(N)=O)C1CCCCC1. The van der Waals surface area contributed by atoms with E-state index in [1.165, 1.54) is 19.3 Å². The third kappa shape index (κ3) is 2.02. The predicted octanol–water partition coefficient (Wildman–Crippen LogP) is 1.16. The van der Waals surface area contributed by atoms with Gasteiger partial charge in [-0.2, -0.15) is 0 Å². The minimum atomic E-state index is -0.750. The first kappa shape index (κ1) is 10.5. The van der Waals surface area contributed by atoms with Crippen LogP contribution in [0.3, 0.4) is 0 Å². The molecule has 76 valence electrons. The Morgan fingerprint density at radius 1 is 1.38 bits per heavy atom. The average Bonchev–Trinajstić information content (AvgIpc) is 2.17. The van der Waals surface area contributed by atoms with Gasteiger partial charge in [-0.15, -0.1) is 0 Å². The molecule has 4 N–H and O–H groups in total. The molecule has 0 saturated heterocycles. The zero-order chi connectivity index (χ0) is 9.90. The number of primary amides is 1. The second kappa shape index (κ2) is 4.09. The Hall–Kier alpha value is -0.570. The van der Waals surface area contributed by atoms with E-state index in [4.69, 9.17) is 11.5 Å². The van der Waals surface area contributed by atoms with Crippen LogP contribution in [0.15, 0.2) is 0 Å². The van der Waals surface area contributed by atoms with E-state index in [-0.39, 0.29) is 5.91 Å². The molecule has 0 bridgehead atoms. The van der Waals surface area contributed by atoms with Crippen molar-refractivity contribution in [2.75, 3.05) is 0 Å². The average molecular weight is 184 g/mol. The van der Waals surface area contributed by atoms with Crippen molar-refractivity contribution >= 4 is 5.91 Å². The Labute approximate surface area is 79.9 Å². The topological polar surface area (TPSA) is 69.1 Å². The second-order valence-corrected chi connectivity index (χ2v) is 4.09.